The molecule has 2 fully saturated rings. The number of hydrogen-bond acceptors (Lipinski definition) is 3. The first-order valence-corrected chi connectivity index (χ1v) is 7.84. The highest BCUT2D eigenvalue weighted by Crippen LogP contribution is 2.48. The van der Waals surface area contributed by atoms with E-state index >= 15 is 0 Å². The quantitative estimate of drug-likeness (QED) is 0.812. The van der Waals surface area contributed by atoms with Gasteiger partial charge in [-0.2, -0.15) is 0 Å². The number of likely N-dealkylation sites (N-methyl/N-ethyl adjacent to an activating group) is 1. The van der Waals surface area contributed by atoms with Gasteiger partial charge in [0, 0.05) is 24.3 Å². The molecule has 2 saturated carbocycles. The Kier molecular flexibility index (Phi) is 3.99. The second-order valence-electron chi connectivity index (χ2n) is 6.80. The second-order valence-corrected chi connectivity index (χ2v) is 6.80. The van der Waals surface area contributed by atoms with Crippen LogP contribution in [0.3, 0.4) is 0 Å². The summed E-state index contributed by atoms with van der Waals surface area (Å²) in [6.07, 6.45) is 5.25. The number of anilines is 1. The summed E-state index contributed by atoms with van der Waals surface area (Å²) in [5.41, 5.74) is 7.47. The molecule has 0 aromatic heterocycles. The number of nitrogen functional groups attached to an aromatic ring is 1. The van der Waals surface area contributed by atoms with E-state index in [1.165, 1.54) is 25.7 Å². The fraction of sp³-hybridized carbons (Fsp3) is 0.647. The molecular weight excluding hydrogens is 248 g/mol. The Labute approximate surface area is 121 Å². The number of aliphatic hydroxyl groups is 1. The minimum Gasteiger partial charge on any atom is -0.398 e. The fourth-order valence-electron chi connectivity index (χ4n) is 4.28. The lowest BCUT2D eigenvalue weighted by Crippen LogP contribution is -2.32. The fourth-order valence-corrected chi connectivity index (χ4v) is 4.28. The number of nitrogens with zero attached hydrogens (tertiary/aromatic N) is 1. The average molecular weight is 274 g/mol. The Morgan fingerprint density at radius 3 is 2.75 bits per heavy atom. The lowest BCUT2D eigenvalue weighted by atomic mass is 9.88. The third-order valence-corrected chi connectivity index (χ3v) is 5.27. The summed E-state index contributed by atoms with van der Waals surface area (Å²) in [6.45, 7) is 1.78. The van der Waals surface area contributed by atoms with Crippen molar-refractivity contribution in [2.24, 2.45) is 17.8 Å². The Morgan fingerprint density at radius 2 is 2.10 bits per heavy atom. The highest BCUT2D eigenvalue weighted by atomic mass is 16.3. The summed E-state index contributed by atoms with van der Waals surface area (Å²) >= 11 is 0. The number of benzene rings is 1. The van der Waals surface area contributed by atoms with Gasteiger partial charge in [-0.1, -0.05) is 24.6 Å². The topological polar surface area (TPSA) is 49.5 Å². The minimum absolute atomic E-state index is 0.486. The van der Waals surface area contributed by atoms with Crippen molar-refractivity contribution in [2.45, 2.75) is 31.8 Å². The maximum Gasteiger partial charge on any atom is 0.0936 e. The van der Waals surface area contributed by atoms with Crippen molar-refractivity contribution < 1.29 is 5.11 Å². The van der Waals surface area contributed by atoms with E-state index in [2.05, 4.69) is 11.9 Å². The molecule has 0 amide bonds. The SMILES string of the molecule is CN(CC(O)c1ccccc1N)CC1CC2CCC1C2. The third kappa shape index (κ3) is 2.84. The van der Waals surface area contributed by atoms with Crippen LogP contribution in [0.5, 0.6) is 0 Å². The highest BCUT2D eigenvalue weighted by Gasteiger charge is 2.39. The Balaban J connectivity index is 1.54. The second kappa shape index (κ2) is 5.74. The molecule has 3 heteroatoms. The molecule has 20 heavy (non-hydrogen) atoms. The van der Waals surface area contributed by atoms with Crippen molar-refractivity contribution >= 4 is 5.69 Å². The molecule has 2 bridgehead atoms. The van der Waals surface area contributed by atoms with Gasteiger partial charge in [-0.3, -0.25) is 0 Å². The molecule has 3 rings (SSSR count). The van der Waals surface area contributed by atoms with Gasteiger partial charge in [-0.15, -0.1) is 0 Å². The molecule has 0 heterocycles. The summed E-state index contributed by atoms with van der Waals surface area (Å²) in [4.78, 5) is 2.28. The summed E-state index contributed by atoms with van der Waals surface area (Å²) in [5, 5.41) is 10.4. The van der Waals surface area contributed by atoms with Gasteiger partial charge in [0.15, 0.2) is 0 Å². The lowest BCUT2D eigenvalue weighted by molar-refractivity contribution is 0.111. The van der Waals surface area contributed by atoms with Crippen LogP contribution in [0.1, 0.15) is 37.4 Å². The van der Waals surface area contributed by atoms with Crippen LogP contribution in [0.2, 0.25) is 0 Å². The van der Waals surface area contributed by atoms with E-state index in [0.29, 0.717) is 12.2 Å². The van der Waals surface area contributed by atoms with Gasteiger partial charge in [-0.05, 0) is 50.1 Å². The van der Waals surface area contributed by atoms with Crippen LogP contribution in [-0.2, 0) is 0 Å². The molecule has 110 valence electrons. The molecule has 0 spiro atoms. The van der Waals surface area contributed by atoms with Gasteiger partial charge in [0.25, 0.3) is 0 Å². The van der Waals surface area contributed by atoms with Crippen molar-refractivity contribution in [1.82, 2.24) is 4.90 Å². The highest BCUT2D eigenvalue weighted by molar-refractivity contribution is 5.47. The van der Waals surface area contributed by atoms with Gasteiger partial charge in [0.1, 0.15) is 0 Å². The van der Waals surface area contributed by atoms with E-state index in [1.54, 1.807) is 0 Å². The minimum atomic E-state index is -0.486. The zero-order valence-electron chi connectivity index (χ0n) is 12.3. The molecule has 2 aliphatic carbocycles. The first-order valence-electron chi connectivity index (χ1n) is 7.84. The van der Waals surface area contributed by atoms with E-state index in [1.807, 2.05) is 24.3 Å². The van der Waals surface area contributed by atoms with Gasteiger partial charge in [-0.25, -0.2) is 0 Å². The largest absolute Gasteiger partial charge is 0.398 e. The molecular formula is C17H26N2O. The first kappa shape index (κ1) is 13.9. The molecule has 3 nitrogen and oxygen atoms in total. The van der Waals surface area contributed by atoms with Crippen molar-refractivity contribution in [1.29, 1.82) is 0 Å². The van der Waals surface area contributed by atoms with Crippen LogP contribution < -0.4 is 5.73 Å². The zero-order chi connectivity index (χ0) is 14.1. The third-order valence-electron chi connectivity index (χ3n) is 5.27. The van der Waals surface area contributed by atoms with Gasteiger partial charge >= 0.3 is 0 Å². The van der Waals surface area contributed by atoms with Crippen LogP contribution in [0.4, 0.5) is 5.69 Å². The molecule has 3 N–H and O–H groups in total. The molecule has 2 aliphatic rings. The van der Waals surface area contributed by atoms with E-state index < -0.39 is 6.10 Å². The first-order chi connectivity index (χ1) is 9.63. The Hall–Kier alpha value is -1.06. The Bertz CT molecular complexity index is 462. The summed E-state index contributed by atoms with van der Waals surface area (Å²) in [7, 11) is 2.12. The van der Waals surface area contributed by atoms with Crippen molar-refractivity contribution in [2.75, 3.05) is 25.9 Å². The van der Waals surface area contributed by atoms with E-state index in [-0.39, 0.29) is 0 Å². The number of nitrogens with two attached hydrogens (primary N) is 1. The van der Waals surface area contributed by atoms with Crippen molar-refractivity contribution in [3.8, 4) is 0 Å². The maximum absolute atomic E-state index is 10.4. The van der Waals surface area contributed by atoms with Crippen LogP contribution in [0, 0.1) is 17.8 Å². The maximum atomic E-state index is 10.4. The zero-order valence-corrected chi connectivity index (χ0v) is 12.3. The van der Waals surface area contributed by atoms with Crippen LogP contribution >= 0.6 is 0 Å². The standard InChI is InChI=1S/C17H26N2O/c1-19(10-14-9-12-6-7-13(14)8-12)11-17(20)15-4-2-3-5-16(15)18/h2-5,12-14,17,20H,6-11,18H2,1H3. The van der Waals surface area contributed by atoms with E-state index in [4.69, 9.17) is 5.73 Å². The molecule has 0 radical (unpaired) electrons. The monoisotopic (exact) mass is 274 g/mol. The summed E-state index contributed by atoms with van der Waals surface area (Å²) < 4.78 is 0. The number of fused-ring (bicyclic) bond motifs is 2. The van der Waals surface area contributed by atoms with Crippen LogP contribution in [0.25, 0.3) is 0 Å². The Morgan fingerprint density at radius 1 is 1.30 bits per heavy atom. The van der Waals surface area contributed by atoms with E-state index in [9.17, 15) is 5.11 Å². The van der Waals surface area contributed by atoms with Crippen molar-refractivity contribution in [3.05, 3.63) is 29.8 Å². The number of rotatable bonds is 5. The van der Waals surface area contributed by atoms with Crippen molar-refractivity contribution in [3.63, 3.8) is 0 Å². The normalized spacial score (nSPS) is 30.1. The van der Waals surface area contributed by atoms with Gasteiger partial charge < -0.3 is 15.7 Å². The average Bonchev–Trinajstić information content (AvgIpc) is 3.01. The predicted molar refractivity (Wildman–Crippen MR) is 82.2 cm³/mol. The number of para-hydroxylation sites is 1. The van der Waals surface area contributed by atoms with Crippen LogP contribution in [0.15, 0.2) is 24.3 Å². The number of hydrogen-bond donors (Lipinski definition) is 2. The molecule has 4 unspecified atom stereocenters. The molecule has 0 saturated heterocycles. The lowest BCUT2D eigenvalue weighted by Gasteiger charge is -2.28. The summed E-state index contributed by atoms with van der Waals surface area (Å²) in [5.74, 6) is 2.79. The van der Waals surface area contributed by atoms with Gasteiger partial charge in [0.2, 0.25) is 0 Å². The van der Waals surface area contributed by atoms with Gasteiger partial charge in [0.05, 0.1) is 6.10 Å². The predicted octanol–water partition coefficient (Wildman–Crippen LogP) is 2.67. The molecule has 1 aromatic rings. The smallest absolute Gasteiger partial charge is 0.0936 e. The molecule has 4 atom stereocenters. The van der Waals surface area contributed by atoms with E-state index in [0.717, 1.165) is 29.9 Å². The summed E-state index contributed by atoms with van der Waals surface area (Å²) in [6, 6.07) is 7.62. The number of aliphatic hydroxyl groups excluding tert-OH is 1. The van der Waals surface area contributed by atoms with Crippen LogP contribution in [-0.4, -0.2) is 30.1 Å². The molecule has 1 aromatic carbocycles. The molecule has 0 aliphatic heterocycles.